The largest absolute Gasteiger partial charge is 0.423 e. The number of nitrogens with one attached hydrogen (secondary N) is 2. The van der Waals surface area contributed by atoms with Gasteiger partial charge in [-0.15, -0.1) is 0 Å². The highest BCUT2D eigenvalue weighted by atomic mass is 16.5. The number of anilines is 1. The van der Waals surface area contributed by atoms with Gasteiger partial charge in [-0.05, 0) is 67.9 Å². The van der Waals surface area contributed by atoms with Crippen LogP contribution < -0.4 is 15.5 Å². The van der Waals surface area contributed by atoms with Gasteiger partial charge >= 0.3 is 17.8 Å². The fourth-order valence-corrected chi connectivity index (χ4v) is 2.58. The van der Waals surface area contributed by atoms with Gasteiger partial charge in [0.2, 0.25) is 0 Å². The standard InChI is InChI=1S/C24H21N3O4/c1-16-8-12-20(13-9-16)25-22(28)23(29)27-26-17(2)18-10-14-21(15-11-18)31-24(30)19-6-4-3-5-7-19/h3-15H,1-2H3,(H,25,28)(H,27,29)/b26-17+. The van der Waals surface area contributed by atoms with E-state index in [9.17, 15) is 14.4 Å². The fourth-order valence-electron chi connectivity index (χ4n) is 2.58. The molecule has 7 nitrogen and oxygen atoms in total. The molecule has 0 aliphatic rings. The first-order valence-electron chi connectivity index (χ1n) is 9.52. The third-order valence-electron chi connectivity index (χ3n) is 4.33. The van der Waals surface area contributed by atoms with E-state index in [1.807, 2.05) is 25.1 Å². The van der Waals surface area contributed by atoms with E-state index < -0.39 is 17.8 Å². The molecule has 3 rings (SSSR count). The van der Waals surface area contributed by atoms with Crippen LogP contribution in [0.5, 0.6) is 5.75 Å². The maximum absolute atomic E-state index is 12.1. The number of amides is 2. The van der Waals surface area contributed by atoms with E-state index in [-0.39, 0.29) is 0 Å². The van der Waals surface area contributed by atoms with Crippen molar-refractivity contribution in [3.8, 4) is 5.75 Å². The highest BCUT2D eigenvalue weighted by Crippen LogP contribution is 2.15. The first-order chi connectivity index (χ1) is 14.9. The second-order valence-corrected chi connectivity index (χ2v) is 6.74. The Hall–Kier alpha value is -4.26. The van der Waals surface area contributed by atoms with Crippen LogP contribution in [0.1, 0.15) is 28.4 Å². The molecule has 0 saturated carbocycles. The second kappa shape index (κ2) is 9.98. The number of esters is 1. The van der Waals surface area contributed by atoms with Crippen LogP contribution in [0.2, 0.25) is 0 Å². The van der Waals surface area contributed by atoms with Gasteiger partial charge in [-0.3, -0.25) is 9.59 Å². The van der Waals surface area contributed by atoms with Crippen LogP contribution in [0.15, 0.2) is 84.0 Å². The normalized spacial score (nSPS) is 10.8. The van der Waals surface area contributed by atoms with Gasteiger partial charge in [-0.2, -0.15) is 5.10 Å². The maximum atomic E-state index is 12.1. The highest BCUT2D eigenvalue weighted by molar-refractivity contribution is 6.39. The Morgan fingerprint density at radius 2 is 1.42 bits per heavy atom. The number of carbonyl (C=O) groups excluding carboxylic acids is 3. The van der Waals surface area contributed by atoms with E-state index in [4.69, 9.17) is 4.74 Å². The summed E-state index contributed by atoms with van der Waals surface area (Å²) in [6, 6.07) is 22.4. The summed E-state index contributed by atoms with van der Waals surface area (Å²) in [4.78, 5) is 36.0. The van der Waals surface area contributed by atoms with Gasteiger partial charge in [-0.25, -0.2) is 10.2 Å². The third kappa shape index (κ3) is 6.11. The zero-order chi connectivity index (χ0) is 22.2. The summed E-state index contributed by atoms with van der Waals surface area (Å²) in [5, 5.41) is 6.46. The Morgan fingerprint density at radius 3 is 2.06 bits per heavy atom. The lowest BCUT2D eigenvalue weighted by Crippen LogP contribution is -2.32. The molecule has 0 aliphatic heterocycles. The number of hydrazone groups is 1. The Balaban J connectivity index is 1.55. The molecule has 0 aliphatic carbocycles. The molecule has 156 valence electrons. The Morgan fingerprint density at radius 1 is 0.774 bits per heavy atom. The predicted molar refractivity (Wildman–Crippen MR) is 118 cm³/mol. The average molecular weight is 415 g/mol. The average Bonchev–Trinajstić information content (AvgIpc) is 2.79. The fraction of sp³-hybridized carbons (Fsp3) is 0.0833. The summed E-state index contributed by atoms with van der Waals surface area (Å²) in [7, 11) is 0. The Labute approximate surface area is 179 Å². The SMILES string of the molecule is C/C(=N\NC(=O)C(=O)Nc1ccc(C)cc1)c1ccc(OC(=O)c2ccccc2)cc1. The number of ether oxygens (including phenoxy) is 1. The predicted octanol–water partition coefficient (Wildman–Crippen LogP) is 3.69. The molecule has 0 atom stereocenters. The lowest BCUT2D eigenvalue weighted by atomic mass is 10.1. The molecule has 3 aromatic rings. The van der Waals surface area contributed by atoms with Crippen LogP contribution in [0.4, 0.5) is 5.69 Å². The molecule has 31 heavy (non-hydrogen) atoms. The van der Waals surface area contributed by atoms with Crippen LogP contribution in [0.3, 0.4) is 0 Å². The minimum absolute atomic E-state index is 0.381. The molecule has 2 amide bonds. The number of hydrogen-bond donors (Lipinski definition) is 2. The number of nitrogens with zero attached hydrogens (tertiary/aromatic N) is 1. The van der Waals surface area contributed by atoms with Crippen molar-refractivity contribution in [1.82, 2.24) is 5.43 Å². The molecule has 3 aromatic carbocycles. The quantitative estimate of drug-likeness (QED) is 0.218. The van der Waals surface area contributed by atoms with Crippen molar-refractivity contribution < 1.29 is 19.1 Å². The Bertz CT molecular complexity index is 1110. The van der Waals surface area contributed by atoms with Crippen molar-refractivity contribution in [2.45, 2.75) is 13.8 Å². The molecular weight excluding hydrogens is 394 g/mol. The van der Waals surface area contributed by atoms with Crippen LogP contribution in [0, 0.1) is 6.92 Å². The van der Waals surface area contributed by atoms with Gasteiger partial charge in [-0.1, -0.05) is 35.9 Å². The lowest BCUT2D eigenvalue weighted by Gasteiger charge is -2.07. The number of benzene rings is 3. The van der Waals surface area contributed by atoms with Crippen molar-refractivity contribution in [2.75, 3.05) is 5.32 Å². The van der Waals surface area contributed by atoms with Gasteiger partial charge in [0.25, 0.3) is 0 Å². The van der Waals surface area contributed by atoms with Crippen LogP contribution in [-0.2, 0) is 9.59 Å². The van der Waals surface area contributed by atoms with Crippen molar-refractivity contribution >= 4 is 29.2 Å². The van der Waals surface area contributed by atoms with Gasteiger partial charge < -0.3 is 10.1 Å². The van der Waals surface area contributed by atoms with Crippen LogP contribution in [0.25, 0.3) is 0 Å². The van der Waals surface area contributed by atoms with Crippen molar-refractivity contribution in [2.24, 2.45) is 5.10 Å². The van der Waals surface area contributed by atoms with Gasteiger partial charge in [0, 0.05) is 5.69 Å². The van der Waals surface area contributed by atoms with Gasteiger partial charge in [0.15, 0.2) is 0 Å². The zero-order valence-electron chi connectivity index (χ0n) is 17.1. The minimum atomic E-state index is -0.881. The zero-order valence-corrected chi connectivity index (χ0v) is 17.1. The minimum Gasteiger partial charge on any atom is -0.423 e. The first-order valence-corrected chi connectivity index (χ1v) is 9.52. The van der Waals surface area contributed by atoms with Crippen LogP contribution in [-0.4, -0.2) is 23.5 Å². The van der Waals surface area contributed by atoms with E-state index >= 15 is 0 Å². The second-order valence-electron chi connectivity index (χ2n) is 6.74. The van der Waals surface area contributed by atoms with Crippen molar-refractivity contribution in [1.29, 1.82) is 0 Å². The molecule has 0 spiro atoms. The van der Waals surface area contributed by atoms with Gasteiger partial charge in [0.1, 0.15) is 5.75 Å². The van der Waals surface area contributed by atoms with E-state index in [2.05, 4.69) is 15.8 Å². The van der Waals surface area contributed by atoms with Crippen LogP contribution >= 0.6 is 0 Å². The molecule has 2 N–H and O–H groups in total. The molecule has 0 saturated heterocycles. The number of carbonyl (C=O) groups is 3. The maximum Gasteiger partial charge on any atom is 0.343 e. The summed E-state index contributed by atoms with van der Waals surface area (Å²) in [5.41, 5.74) is 5.43. The monoisotopic (exact) mass is 415 g/mol. The lowest BCUT2D eigenvalue weighted by molar-refractivity contribution is -0.136. The molecular formula is C24H21N3O4. The third-order valence-corrected chi connectivity index (χ3v) is 4.33. The smallest absolute Gasteiger partial charge is 0.343 e. The molecule has 0 unspecified atom stereocenters. The van der Waals surface area contributed by atoms with E-state index in [1.165, 1.54) is 0 Å². The summed E-state index contributed by atoms with van der Waals surface area (Å²) in [6.07, 6.45) is 0. The number of aryl methyl sites for hydroxylation is 1. The topological polar surface area (TPSA) is 96.9 Å². The molecule has 0 fully saturated rings. The summed E-state index contributed by atoms with van der Waals surface area (Å²) < 4.78 is 5.33. The molecule has 0 heterocycles. The van der Waals surface area contributed by atoms with E-state index in [0.29, 0.717) is 28.3 Å². The first kappa shape index (κ1) is 21.4. The van der Waals surface area contributed by atoms with Crippen molar-refractivity contribution in [3.05, 3.63) is 95.6 Å². The Kier molecular flexibility index (Phi) is 6.90. The summed E-state index contributed by atoms with van der Waals surface area (Å²) >= 11 is 0. The number of rotatable bonds is 5. The highest BCUT2D eigenvalue weighted by Gasteiger charge is 2.13. The summed E-state index contributed by atoms with van der Waals surface area (Å²) in [6.45, 7) is 3.61. The van der Waals surface area contributed by atoms with E-state index in [0.717, 1.165) is 5.56 Å². The number of hydrogen-bond acceptors (Lipinski definition) is 5. The molecule has 0 radical (unpaired) electrons. The van der Waals surface area contributed by atoms with E-state index in [1.54, 1.807) is 67.6 Å². The van der Waals surface area contributed by atoms with Gasteiger partial charge in [0.05, 0.1) is 11.3 Å². The molecule has 0 aromatic heterocycles. The molecule has 7 heteroatoms. The summed E-state index contributed by atoms with van der Waals surface area (Å²) in [5.74, 6) is -1.77. The van der Waals surface area contributed by atoms with Crippen molar-refractivity contribution in [3.63, 3.8) is 0 Å². The molecule has 0 bridgehead atoms.